The van der Waals surface area contributed by atoms with Gasteiger partial charge in [0.15, 0.2) is 0 Å². The lowest BCUT2D eigenvalue weighted by Crippen LogP contribution is -2.57. The number of sulfonamides is 1. The van der Waals surface area contributed by atoms with Crippen LogP contribution in [-0.4, -0.2) is 31.9 Å². The van der Waals surface area contributed by atoms with Gasteiger partial charge in [-0.25, -0.2) is 8.42 Å². The maximum absolute atomic E-state index is 12.0. The van der Waals surface area contributed by atoms with E-state index in [1.54, 1.807) is 12.1 Å². The molecule has 0 radical (unpaired) electrons. The van der Waals surface area contributed by atoms with Crippen LogP contribution in [0.15, 0.2) is 29.2 Å². The second-order valence-electron chi connectivity index (χ2n) is 3.72. The Balaban J connectivity index is 2.33. The number of nitrogens with zero attached hydrogens (tertiary/aromatic N) is 2. The summed E-state index contributed by atoms with van der Waals surface area (Å²) in [5.74, 6) is 0. The minimum absolute atomic E-state index is 0.0751. The summed E-state index contributed by atoms with van der Waals surface area (Å²) in [6, 6.07) is 7.83. The second kappa shape index (κ2) is 3.87. The van der Waals surface area contributed by atoms with Crippen LogP contribution in [0.2, 0.25) is 0 Å². The third-order valence-corrected chi connectivity index (χ3v) is 4.30. The lowest BCUT2D eigenvalue weighted by molar-refractivity contribution is 0.265. The summed E-state index contributed by atoms with van der Waals surface area (Å²) >= 11 is 0. The molecule has 1 aromatic rings. The number of hydrogen-bond donors (Lipinski definition) is 1. The quantitative estimate of drug-likeness (QED) is 0.777. The fourth-order valence-electron chi connectivity index (χ4n) is 1.54. The second-order valence-corrected chi connectivity index (χ2v) is 5.66. The van der Waals surface area contributed by atoms with Gasteiger partial charge in [0.05, 0.1) is 16.5 Å². The van der Waals surface area contributed by atoms with Crippen LogP contribution in [-0.2, 0) is 10.0 Å². The lowest BCUT2D eigenvalue weighted by Gasteiger charge is -2.35. The molecule has 6 heteroatoms. The van der Waals surface area contributed by atoms with Gasteiger partial charge in [0.1, 0.15) is 0 Å². The maximum atomic E-state index is 12.0. The van der Waals surface area contributed by atoms with Crippen molar-refractivity contribution in [2.75, 3.05) is 13.1 Å². The fourth-order valence-corrected chi connectivity index (χ4v) is 3.14. The first-order valence-corrected chi connectivity index (χ1v) is 6.24. The first kappa shape index (κ1) is 11.1. The number of nitriles is 1. The Morgan fingerprint density at radius 3 is 2.69 bits per heavy atom. The molecule has 16 heavy (non-hydrogen) atoms. The van der Waals surface area contributed by atoms with Gasteiger partial charge in [-0.15, -0.1) is 0 Å². The highest BCUT2D eigenvalue weighted by molar-refractivity contribution is 7.89. The molecule has 0 saturated carbocycles. The highest BCUT2D eigenvalue weighted by Gasteiger charge is 2.34. The van der Waals surface area contributed by atoms with Gasteiger partial charge >= 0.3 is 0 Å². The zero-order chi connectivity index (χ0) is 11.8. The maximum Gasteiger partial charge on any atom is 0.243 e. The van der Waals surface area contributed by atoms with E-state index < -0.39 is 10.0 Å². The van der Waals surface area contributed by atoms with Gasteiger partial charge < -0.3 is 5.73 Å². The van der Waals surface area contributed by atoms with Crippen molar-refractivity contribution in [2.45, 2.75) is 10.9 Å². The van der Waals surface area contributed by atoms with Crippen molar-refractivity contribution in [2.24, 2.45) is 5.73 Å². The van der Waals surface area contributed by atoms with E-state index in [1.165, 1.54) is 16.4 Å². The molecule has 1 heterocycles. The Morgan fingerprint density at radius 2 is 2.12 bits per heavy atom. The zero-order valence-corrected chi connectivity index (χ0v) is 9.31. The van der Waals surface area contributed by atoms with Crippen LogP contribution in [0.5, 0.6) is 0 Å². The smallest absolute Gasteiger partial charge is 0.243 e. The van der Waals surface area contributed by atoms with Crippen molar-refractivity contribution in [3.63, 3.8) is 0 Å². The van der Waals surface area contributed by atoms with Crippen LogP contribution in [0.25, 0.3) is 0 Å². The van der Waals surface area contributed by atoms with Crippen LogP contribution in [0.4, 0.5) is 0 Å². The van der Waals surface area contributed by atoms with Crippen molar-refractivity contribution < 1.29 is 8.42 Å². The molecule has 84 valence electrons. The molecule has 1 aromatic carbocycles. The average Bonchev–Trinajstić information content (AvgIpc) is 2.25. The van der Waals surface area contributed by atoms with E-state index in [1.807, 2.05) is 6.07 Å². The summed E-state index contributed by atoms with van der Waals surface area (Å²) in [6.45, 7) is 0.693. The minimum atomic E-state index is -3.47. The van der Waals surface area contributed by atoms with E-state index in [9.17, 15) is 8.42 Å². The molecule has 1 fully saturated rings. The van der Waals surface area contributed by atoms with E-state index in [4.69, 9.17) is 11.0 Å². The predicted octanol–water partition coefficient (Wildman–Crippen LogP) is -0.110. The first-order valence-electron chi connectivity index (χ1n) is 4.80. The van der Waals surface area contributed by atoms with Crippen molar-refractivity contribution in [3.05, 3.63) is 29.8 Å². The molecule has 0 bridgehead atoms. The minimum Gasteiger partial charge on any atom is -0.325 e. The molecule has 0 aromatic heterocycles. The molecule has 0 spiro atoms. The third-order valence-electron chi connectivity index (χ3n) is 2.48. The molecule has 0 unspecified atom stereocenters. The highest BCUT2D eigenvalue weighted by Crippen LogP contribution is 2.21. The Kier molecular flexibility index (Phi) is 2.68. The van der Waals surface area contributed by atoms with Crippen LogP contribution in [0.3, 0.4) is 0 Å². The van der Waals surface area contributed by atoms with Gasteiger partial charge in [-0.2, -0.15) is 9.57 Å². The lowest BCUT2D eigenvalue weighted by atomic mass is 10.2. The van der Waals surface area contributed by atoms with Crippen molar-refractivity contribution in [3.8, 4) is 6.07 Å². The fraction of sp³-hybridized carbons (Fsp3) is 0.300. The molecule has 5 nitrogen and oxygen atoms in total. The van der Waals surface area contributed by atoms with Crippen LogP contribution in [0.1, 0.15) is 5.56 Å². The molecular weight excluding hydrogens is 226 g/mol. The summed E-state index contributed by atoms with van der Waals surface area (Å²) in [7, 11) is -3.47. The SMILES string of the molecule is N#Cc1cccc(S(=O)(=O)N2CC(N)C2)c1. The highest BCUT2D eigenvalue weighted by atomic mass is 32.2. The molecule has 1 aliphatic rings. The van der Waals surface area contributed by atoms with Gasteiger partial charge in [-0.05, 0) is 18.2 Å². The van der Waals surface area contributed by atoms with E-state index in [-0.39, 0.29) is 10.9 Å². The predicted molar refractivity (Wildman–Crippen MR) is 57.9 cm³/mol. The largest absolute Gasteiger partial charge is 0.325 e. The zero-order valence-electron chi connectivity index (χ0n) is 8.50. The van der Waals surface area contributed by atoms with E-state index in [0.29, 0.717) is 18.7 Å². The van der Waals surface area contributed by atoms with Crippen LogP contribution >= 0.6 is 0 Å². The van der Waals surface area contributed by atoms with Crippen molar-refractivity contribution in [1.29, 1.82) is 5.26 Å². The summed E-state index contributed by atoms with van der Waals surface area (Å²) < 4.78 is 25.3. The summed E-state index contributed by atoms with van der Waals surface area (Å²) in [5, 5.41) is 8.70. The van der Waals surface area contributed by atoms with Gasteiger partial charge in [-0.1, -0.05) is 6.07 Å². The Bertz CT molecular complexity index is 541. The molecule has 1 aliphatic heterocycles. The first-order chi connectivity index (χ1) is 7.54. The molecule has 0 aliphatic carbocycles. The third kappa shape index (κ3) is 1.80. The summed E-state index contributed by atoms with van der Waals surface area (Å²) in [5.41, 5.74) is 5.88. The van der Waals surface area contributed by atoms with Gasteiger partial charge in [0.25, 0.3) is 0 Å². The Morgan fingerprint density at radius 1 is 1.44 bits per heavy atom. The molecule has 2 N–H and O–H groups in total. The van der Waals surface area contributed by atoms with Crippen LogP contribution < -0.4 is 5.73 Å². The van der Waals surface area contributed by atoms with E-state index in [0.717, 1.165) is 0 Å². The van der Waals surface area contributed by atoms with E-state index >= 15 is 0 Å². The number of rotatable bonds is 2. The number of benzene rings is 1. The molecule has 2 rings (SSSR count). The molecule has 0 amide bonds. The summed E-state index contributed by atoms with van der Waals surface area (Å²) in [6.07, 6.45) is 0. The van der Waals surface area contributed by atoms with Crippen molar-refractivity contribution in [1.82, 2.24) is 4.31 Å². The number of hydrogen-bond acceptors (Lipinski definition) is 4. The number of nitrogens with two attached hydrogens (primary N) is 1. The van der Waals surface area contributed by atoms with Gasteiger partial charge in [0, 0.05) is 19.1 Å². The topological polar surface area (TPSA) is 87.2 Å². The standard InChI is InChI=1S/C10H11N3O2S/c11-5-8-2-1-3-10(4-8)16(14,15)13-6-9(12)7-13/h1-4,9H,6-7,12H2. The van der Waals surface area contributed by atoms with Crippen LogP contribution in [0, 0.1) is 11.3 Å². The molecular formula is C10H11N3O2S. The Hall–Kier alpha value is -1.42. The summed E-state index contributed by atoms with van der Waals surface area (Å²) in [4.78, 5) is 0.151. The van der Waals surface area contributed by atoms with Gasteiger partial charge in [0.2, 0.25) is 10.0 Å². The van der Waals surface area contributed by atoms with Crippen molar-refractivity contribution >= 4 is 10.0 Å². The monoisotopic (exact) mass is 237 g/mol. The average molecular weight is 237 g/mol. The molecule has 0 atom stereocenters. The normalized spacial score (nSPS) is 17.8. The van der Waals surface area contributed by atoms with E-state index in [2.05, 4.69) is 0 Å². The Labute approximate surface area is 94.1 Å². The van der Waals surface area contributed by atoms with Gasteiger partial charge in [-0.3, -0.25) is 0 Å². The molecule has 1 saturated heterocycles.